The van der Waals surface area contributed by atoms with Crippen LogP contribution in [-0.2, 0) is 16.0 Å². The molecule has 0 unspecified atom stereocenters. The lowest BCUT2D eigenvalue weighted by atomic mass is 10.1. The van der Waals surface area contributed by atoms with E-state index in [-0.39, 0.29) is 25.0 Å². The number of pyridine rings is 1. The van der Waals surface area contributed by atoms with Gasteiger partial charge in [0.1, 0.15) is 12.3 Å². The van der Waals surface area contributed by atoms with Crippen molar-refractivity contribution in [2.45, 2.75) is 6.42 Å². The van der Waals surface area contributed by atoms with Gasteiger partial charge in [-0.1, -0.05) is 35.9 Å². The molecule has 2 heterocycles. The van der Waals surface area contributed by atoms with E-state index in [4.69, 9.17) is 16.3 Å². The highest BCUT2D eigenvalue weighted by molar-refractivity contribution is 6.31. The predicted molar refractivity (Wildman–Crippen MR) is 108 cm³/mol. The first-order valence-corrected chi connectivity index (χ1v) is 9.31. The van der Waals surface area contributed by atoms with Gasteiger partial charge >= 0.3 is 0 Å². The molecule has 1 aliphatic heterocycles. The maximum Gasteiger partial charge on any atom is 0.265 e. The lowest BCUT2D eigenvalue weighted by molar-refractivity contribution is -0.125. The number of amides is 2. The first-order chi connectivity index (χ1) is 13.6. The molecule has 142 valence electrons. The third-order valence-corrected chi connectivity index (χ3v) is 4.83. The lowest BCUT2D eigenvalue weighted by Crippen LogP contribution is -2.45. The molecule has 28 heavy (non-hydrogen) atoms. The van der Waals surface area contributed by atoms with Crippen molar-refractivity contribution in [3.05, 3.63) is 65.3 Å². The summed E-state index contributed by atoms with van der Waals surface area (Å²) in [6.45, 7) is 0.280. The molecule has 0 bridgehead atoms. The highest BCUT2D eigenvalue weighted by atomic mass is 35.5. The monoisotopic (exact) mass is 395 g/mol. The molecule has 1 N–H and O–H groups in total. The molecule has 7 heteroatoms. The van der Waals surface area contributed by atoms with E-state index < -0.39 is 0 Å². The van der Waals surface area contributed by atoms with Crippen molar-refractivity contribution in [3.63, 3.8) is 0 Å². The Labute approximate surface area is 167 Å². The zero-order valence-corrected chi connectivity index (χ0v) is 15.8. The average Bonchev–Trinajstić information content (AvgIpc) is 2.70. The van der Waals surface area contributed by atoms with Gasteiger partial charge in [0.15, 0.2) is 6.61 Å². The maximum atomic E-state index is 12.4. The molecule has 0 saturated heterocycles. The molecule has 0 saturated carbocycles. The van der Waals surface area contributed by atoms with Crippen molar-refractivity contribution >= 4 is 40.0 Å². The molecular weight excluding hydrogens is 378 g/mol. The van der Waals surface area contributed by atoms with Crippen LogP contribution >= 0.6 is 11.6 Å². The summed E-state index contributed by atoms with van der Waals surface area (Å²) in [5.74, 6) is 0.0242. The van der Waals surface area contributed by atoms with Crippen molar-refractivity contribution in [2.24, 2.45) is 0 Å². The number of para-hydroxylation sites is 1. The molecule has 0 aliphatic carbocycles. The van der Waals surface area contributed by atoms with Gasteiger partial charge in [-0.05, 0) is 36.2 Å². The minimum Gasteiger partial charge on any atom is -0.482 e. The summed E-state index contributed by atoms with van der Waals surface area (Å²) in [6.07, 6.45) is 2.41. The van der Waals surface area contributed by atoms with Crippen LogP contribution in [0.1, 0.15) is 5.56 Å². The summed E-state index contributed by atoms with van der Waals surface area (Å²) in [5, 5.41) is 4.42. The number of benzene rings is 2. The van der Waals surface area contributed by atoms with Crippen LogP contribution in [0, 0.1) is 0 Å². The van der Waals surface area contributed by atoms with Crippen LogP contribution < -0.4 is 15.0 Å². The minimum atomic E-state index is -0.275. The third kappa shape index (κ3) is 3.77. The number of fused-ring (bicyclic) bond motifs is 2. The van der Waals surface area contributed by atoms with Gasteiger partial charge < -0.3 is 10.1 Å². The first kappa shape index (κ1) is 18.3. The van der Waals surface area contributed by atoms with Crippen molar-refractivity contribution in [3.8, 4) is 5.75 Å². The Morgan fingerprint density at radius 3 is 2.96 bits per heavy atom. The molecule has 0 fully saturated rings. The van der Waals surface area contributed by atoms with Gasteiger partial charge in [-0.3, -0.25) is 19.5 Å². The van der Waals surface area contributed by atoms with Crippen LogP contribution in [-0.4, -0.2) is 36.5 Å². The Bertz CT molecular complexity index is 1050. The number of aromatic nitrogens is 1. The number of nitrogens with one attached hydrogen (secondary N) is 1. The first-order valence-electron chi connectivity index (χ1n) is 8.94. The van der Waals surface area contributed by atoms with Gasteiger partial charge in [-0.15, -0.1) is 0 Å². The minimum absolute atomic E-state index is 0.0800. The Hall–Kier alpha value is -3.12. The smallest absolute Gasteiger partial charge is 0.265 e. The average molecular weight is 396 g/mol. The van der Waals surface area contributed by atoms with E-state index in [1.807, 2.05) is 30.3 Å². The molecule has 0 atom stereocenters. The van der Waals surface area contributed by atoms with Crippen molar-refractivity contribution in [1.29, 1.82) is 0 Å². The topological polar surface area (TPSA) is 71.5 Å². The number of rotatable bonds is 5. The van der Waals surface area contributed by atoms with Crippen molar-refractivity contribution in [2.75, 3.05) is 24.6 Å². The maximum absolute atomic E-state index is 12.4. The second kappa shape index (κ2) is 7.86. The highest BCUT2D eigenvalue weighted by Crippen LogP contribution is 2.34. The van der Waals surface area contributed by atoms with Crippen LogP contribution in [0.4, 0.5) is 5.69 Å². The van der Waals surface area contributed by atoms with Crippen LogP contribution in [0.3, 0.4) is 0 Å². The molecule has 0 spiro atoms. The van der Waals surface area contributed by atoms with Crippen molar-refractivity contribution < 1.29 is 14.3 Å². The summed E-state index contributed by atoms with van der Waals surface area (Å²) < 4.78 is 5.39. The lowest BCUT2D eigenvalue weighted by Gasteiger charge is -2.29. The Balaban J connectivity index is 1.40. The van der Waals surface area contributed by atoms with Crippen LogP contribution in [0.2, 0.25) is 5.02 Å². The second-order valence-electron chi connectivity index (χ2n) is 6.47. The van der Waals surface area contributed by atoms with Gasteiger partial charge in [0, 0.05) is 23.2 Å². The number of hydrogen-bond acceptors (Lipinski definition) is 4. The van der Waals surface area contributed by atoms with Crippen LogP contribution in [0.15, 0.2) is 54.7 Å². The third-order valence-electron chi connectivity index (χ3n) is 4.60. The Kier molecular flexibility index (Phi) is 5.12. The number of anilines is 1. The number of hydrogen-bond donors (Lipinski definition) is 1. The fraction of sp³-hybridized carbons (Fsp3) is 0.190. The van der Waals surface area contributed by atoms with E-state index in [9.17, 15) is 9.59 Å². The Morgan fingerprint density at radius 2 is 2.07 bits per heavy atom. The molecular formula is C21H18ClN3O3. The summed E-state index contributed by atoms with van der Waals surface area (Å²) >= 11 is 6.03. The van der Waals surface area contributed by atoms with Gasteiger partial charge in [-0.2, -0.15) is 0 Å². The zero-order chi connectivity index (χ0) is 19.5. The van der Waals surface area contributed by atoms with Gasteiger partial charge in [0.25, 0.3) is 5.91 Å². The number of nitrogens with zero attached hydrogens (tertiary/aromatic N) is 2. The SMILES string of the molecule is O=C(CN1C(=O)COc2ccc(Cl)cc21)NCCc1cccc2cccnc12. The zero-order valence-electron chi connectivity index (χ0n) is 15.0. The van der Waals surface area contributed by atoms with Crippen LogP contribution in [0.5, 0.6) is 5.75 Å². The fourth-order valence-electron chi connectivity index (χ4n) is 3.25. The molecule has 6 nitrogen and oxygen atoms in total. The summed E-state index contributed by atoms with van der Waals surface area (Å²) in [4.78, 5) is 30.5. The summed E-state index contributed by atoms with van der Waals surface area (Å²) in [6, 6.07) is 14.9. The van der Waals surface area contributed by atoms with E-state index in [0.717, 1.165) is 16.5 Å². The Morgan fingerprint density at radius 1 is 1.21 bits per heavy atom. The molecule has 2 aromatic carbocycles. The van der Waals surface area contributed by atoms with Crippen LogP contribution in [0.25, 0.3) is 10.9 Å². The van der Waals surface area contributed by atoms with Gasteiger partial charge in [0.05, 0.1) is 11.2 Å². The summed E-state index contributed by atoms with van der Waals surface area (Å²) in [5.41, 5.74) is 2.52. The summed E-state index contributed by atoms with van der Waals surface area (Å²) in [7, 11) is 0. The van der Waals surface area contributed by atoms with E-state index in [1.54, 1.807) is 24.4 Å². The van der Waals surface area contributed by atoms with E-state index in [1.165, 1.54) is 4.90 Å². The molecule has 4 rings (SSSR count). The molecule has 2 amide bonds. The van der Waals surface area contributed by atoms with Crippen molar-refractivity contribution in [1.82, 2.24) is 10.3 Å². The number of ether oxygens (including phenoxy) is 1. The van der Waals surface area contributed by atoms with E-state index in [0.29, 0.717) is 29.4 Å². The molecule has 1 aromatic heterocycles. The largest absolute Gasteiger partial charge is 0.482 e. The van der Waals surface area contributed by atoms with Gasteiger partial charge in [-0.25, -0.2) is 0 Å². The quantitative estimate of drug-likeness (QED) is 0.721. The number of halogens is 1. The fourth-order valence-corrected chi connectivity index (χ4v) is 3.42. The van der Waals surface area contributed by atoms with E-state index in [2.05, 4.69) is 10.3 Å². The highest BCUT2D eigenvalue weighted by Gasteiger charge is 2.27. The standard InChI is InChI=1S/C21H18ClN3O3/c22-16-6-7-18-17(11-16)25(20(27)13-28-18)12-19(26)23-10-8-15-4-1-3-14-5-2-9-24-21(14)15/h1-7,9,11H,8,10,12-13H2,(H,23,26). The second-order valence-corrected chi connectivity index (χ2v) is 6.91. The normalized spacial score (nSPS) is 13.2. The molecule has 3 aromatic rings. The predicted octanol–water partition coefficient (Wildman–Crippen LogP) is 2.97. The number of carbonyl (C=O) groups excluding carboxylic acids is 2. The van der Waals surface area contributed by atoms with Gasteiger partial charge in [0.2, 0.25) is 5.91 Å². The molecule has 0 radical (unpaired) electrons. The van der Waals surface area contributed by atoms with E-state index >= 15 is 0 Å². The number of carbonyl (C=O) groups is 2. The molecule has 1 aliphatic rings.